The second-order valence-corrected chi connectivity index (χ2v) is 4.61. The molecule has 1 N–H and O–H groups in total. The highest BCUT2D eigenvalue weighted by Gasteiger charge is 2.28. The topological polar surface area (TPSA) is 96.0 Å². The van der Waals surface area contributed by atoms with Crippen LogP contribution in [0.25, 0.3) is 0 Å². The number of carbonyl (C=O) groups excluding carboxylic acids is 1. The zero-order chi connectivity index (χ0) is 15.3. The summed E-state index contributed by atoms with van der Waals surface area (Å²) in [5, 5.41) is 22.6. The monoisotopic (exact) mass is 275 g/mol. The normalized spacial score (nSPS) is 10.7. The number of carbonyl (C=O) groups is 1. The molecule has 0 aromatic heterocycles. The molecule has 1 aromatic rings. The van der Waals surface area contributed by atoms with Gasteiger partial charge in [-0.2, -0.15) is 5.26 Å². The molecule has 0 fully saturated rings. The van der Waals surface area contributed by atoms with Crippen molar-refractivity contribution in [1.82, 2.24) is 5.32 Å². The summed E-state index contributed by atoms with van der Waals surface area (Å²) in [6, 6.07) is 6.28. The first kappa shape index (κ1) is 15.6. The van der Waals surface area contributed by atoms with E-state index in [2.05, 4.69) is 11.4 Å². The molecule has 0 saturated carbocycles. The molecule has 0 atom stereocenters. The van der Waals surface area contributed by atoms with Gasteiger partial charge in [0.15, 0.2) is 0 Å². The van der Waals surface area contributed by atoms with Gasteiger partial charge in [-0.3, -0.25) is 14.9 Å². The second-order valence-electron chi connectivity index (χ2n) is 4.61. The van der Waals surface area contributed by atoms with Gasteiger partial charge in [-0.1, -0.05) is 13.8 Å². The van der Waals surface area contributed by atoms with Crippen LogP contribution in [0.3, 0.4) is 0 Å². The summed E-state index contributed by atoms with van der Waals surface area (Å²) in [4.78, 5) is 22.4. The lowest BCUT2D eigenvalue weighted by molar-refractivity contribution is -0.385. The van der Waals surface area contributed by atoms with E-state index in [1.54, 1.807) is 6.92 Å². The van der Waals surface area contributed by atoms with Crippen LogP contribution in [0.4, 0.5) is 5.69 Å². The number of hydrogen-bond acceptors (Lipinski definition) is 4. The minimum absolute atomic E-state index is 0.0286. The molecule has 0 spiro atoms. The molecule has 1 rings (SSSR count). The van der Waals surface area contributed by atoms with Crippen molar-refractivity contribution < 1.29 is 9.72 Å². The fourth-order valence-corrected chi connectivity index (χ4v) is 1.90. The Bertz CT molecular complexity index is 572. The number of nitriles is 1. The van der Waals surface area contributed by atoms with Crippen LogP contribution in [0.1, 0.15) is 42.6 Å². The van der Waals surface area contributed by atoms with Gasteiger partial charge >= 0.3 is 0 Å². The number of nitrogens with one attached hydrogen (secondary N) is 1. The molecular weight excluding hydrogens is 258 g/mol. The predicted octanol–water partition coefficient (Wildman–Crippen LogP) is 2.72. The molecule has 6 nitrogen and oxygen atoms in total. The van der Waals surface area contributed by atoms with E-state index in [1.165, 1.54) is 18.2 Å². The Morgan fingerprint density at radius 2 is 2.05 bits per heavy atom. The Kier molecular flexibility index (Phi) is 4.81. The van der Waals surface area contributed by atoms with Gasteiger partial charge in [0.25, 0.3) is 11.6 Å². The van der Waals surface area contributed by atoms with Crippen LogP contribution in [-0.2, 0) is 0 Å². The Balaban J connectivity index is 3.02. The predicted molar refractivity (Wildman–Crippen MR) is 74.2 cm³/mol. The summed E-state index contributed by atoms with van der Waals surface area (Å²) in [7, 11) is 0. The fourth-order valence-electron chi connectivity index (χ4n) is 1.90. The molecule has 0 aliphatic heterocycles. The maximum Gasteiger partial charge on any atom is 0.272 e. The van der Waals surface area contributed by atoms with E-state index in [0.29, 0.717) is 24.0 Å². The van der Waals surface area contributed by atoms with Crippen molar-refractivity contribution in [3.63, 3.8) is 0 Å². The highest BCUT2D eigenvalue weighted by Crippen LogP contribution is 2.20. The highest BCUT2D eigenvalue weighted by atomic mass is 16.6. The molecule has 1 amide bonds. The first-order chi connectivity index (χ1) is 9.39. The average Bonchev–Trinajstić information content (AvgIpc) is 2.44. The summed E-state index contributed by atoms with van der Waals surface area (Å²) in [6.07, 6.45) is 0.995. The van der Waals surface area contributed by atoms with Gasteiger partial charge in [-0.05, 0) is 31.9 Å². The number of nitrogens with zero attached hydrogens (tertiary/aromatic N) is 2. The molecule has 1 aromatic carbocycles. The first-order valence-electron chi connectivity index (χ1n) is 6.38. The van der Waals surface area contributed by atoms with Gasteiger partial charge < -0.3 is 5.32 Å². The van der Waals surface area contributed by atoms with Crippen molar-refractivity contribution in [1.29, 1.82) is 5.26 Å². The lowest BCUT2D eigenvalue weighted by atomic mass is 9.94. The SMILES string of the molecule is CCC(C#N)(CC)NC(=O)c1ccc([N+](=O)[O-])c(C)c1. The smallest absolute Gasteiger partial charge is 0.272 e. The number of amides is 1. The molecule has 106 valence electrons. The van der Waals surface area contributed by atoms with Gasteiger partial charge in [0.2, 0.25) is 0 Å². The van der Waals surface area contributed by atoms with Gasteiger partial charge in [0.1, 0.15) is 5.54 Å². The lowest BCUT2D eigenvalue weighted by Crippen LogP contribution is -2.46. The highest BCUT2D eigenvalue weighted by molar-refractivity contribution is 5.95. The van der Waals surface area contributed by atoms with Gasteiger partial charge in [0.05, 0.1) is 11.0 Å². The van der Waals surface area contributed by atoms with Crippen molar-refractivity contribution in [2.24, 2.45) is 0 Å². The third-order valence-electron chi connectivity index (χ3n) is 3.43. The zero-order valence-electron chi connectivity index (χ0n) is 11.8. The fraction of sp³-hybridized carbons (Fsp3) is 0.429. The summed E-state index contributed by atoms with van der Waals surface area (Å²) in [6.45, 7) is 5.23. The Hall–Kier alpha value is -2.42. The Morgan fingerprint density at radius 1 is 1.45 bits per heavy atom. The van der Waals surface area contributed by atoms with Crippen molar-refractivity contribution >= 4 is 11.6 Å². The minimum Gasteiger partial charge on any atom is -0.334 e. The number of nitro benzene ring substituents is 1. The van der Waals surface area contributed by atoms with E-state index < -0.39 is 16.4 Å². The van der Waals surface area contributed by atoms with Crippen molar-refractivity contribution in [2.75, 3.05) is 0 Å². The molecule has 0 aliphatic rings. The first-order valence-corrected chi connectivity index (χ1v) is 6.38. The third-order valence-corrected chi connectivity index (χ3v) is 3.43. The second kappa shape index (κ2) is 6.15. The van der Waals surface area contributed by atoms with E-state index in [4.69, 9.17) is 0 Å². The third kappa shape index (κ3) is 3.12. The van der Waals surface area contributed by atoms with Crippen LogP contribution in [0.5, 0.6) is 0 Å². The maximum atomic E-state index is 12.1. The largest absolute Gasteiger partial charge is 0.334 e. The van der Waals surface area contributed by atoms with Crippen molar-refractivity contribution in [3.05, 3.63) is 39.4 Å². The number of benzene rings is 1. The molecule has 6 heteroatoms. The van der Waals surface area contributed by atoms with Crippen LogP contribution in [-0.4, -0.2) is 16.4 Å². The number of aryl methyl sites for hydroxylation is 1. The molecule has 0 heterocycles. The van der Waals surface area contributed by atoms with E-state index >= 15 is 0 Å². The standard InChI is InChI=1S/C14H17N3O3/c1-4-14(5-2,9-15)16-13(18)11-6-7-12(17(19)20)10(3)8-11/h6-8H,4-5H2,1-3H3,(H,16,18). The van der Waals surface area contributed by atoms with Gasteiger partial charge in [0, 0.05) is 17.2 Å². The molecule has 0 bridgehead atoms. The molecule has 0 aliphatic carbocycles. The molecule has 0 saturated heterocycles. The van der Waals surface area contributed by atoms with Crippen LogP contribution >= 0.6 is 0 Å². The van der Waals surface area contributed by atoms with Gasteiger partial charge in [-0.25, -0.2) is 0 Å². The Labute approximate surface area is 117 Å². The van der Waals surface area contributed by atoms with E-state index in [9.17, 15) is 20.2 Å². The quantitative estimate of drug-likeness (QED) is 0.660. The molecule has 0 radical (unpaired) electrons. The molecule has 20 heavy (non-hydrogen) atoms. The summed E-state index contributed by atoms with van der Waals surface area (Å²) < 4.78 is 0. The average molecular weight is 275 g/mol. The van der Waals surface area contributed by atoms with E-state index in [-0.39, 0.29) is 5.69 Å². The summed E-state index contributed by atoms with van der Waals surface area (Å²) >= 11 is 0. The Morgan fingerprint density at radius 3 is 2.45 bits per heavy atom. The number of nitro groups is 1. The maximum absolute atomic E-state index is 12.1. The van der Waals surface area contributed by atoms with Crippen LogP contribution in [0.15, 0.2) is 18.2 Å². The van der Waals surface area contributed by atoms with Crippen LogP contribution < -0.4 is 5.32 Å². The molecule has 0 unspecified atom stereocenters. The summed E-state index contributed by atoms with van der Waals surface area (Å²) in [5.41, 5.74) is -0.195. The molecular formula is C14H17N3O3. The van der Waals surface area contributed by atoms with E-state index in [0.717, 1.165) is 0 Å². The zero-order valence-corrected chi connectivity index (χ0v) is 11.8. The lowest BCUT2D eigenvalue weighted by Gasteiger charge is -2.24. The summed E-state index contributed by atoms with van der Waals surface area (Å²) in [5.74, 6) is -0.395. The van der Waals surface area contributed by atoms with Crippen LogP contribution in [0, 0.1) is 28.4 Å². The van der Waals surface area contributed by atoms with E-state index in [1.807, 2.05) is 13.8 Å². The minimum atomic E-state index is -0.896. The number of hydrogen-bond donors (Lipinski definition) is 1. The van der Waals surface area contributed by atoms with Crippen LogP contribution in [0.2, 0.25) is 0 Å². The number of rotatable bonds is 5. The van der Waals surface area contributed by atoms with Gasteiger partial charge in [-0.15, -0.1) is 0 Å². The van der Waals surface area contributed by atoms with Crippen molar-refractivity contribution in [2.45, 2.75) is 39.2 Å². The van der Waals surface area contributed by atoms with Crippen molar-refractivity contribution in [3.8, 4) is 6.07 Å².